The molecular weight excluding hydrogens is 337 g/mol. The molecule has 0 radical (unpaired) electrons. The van der Waals surface area contributed by atoms with E-state index >= 15 is 0 Å². The van der Waals surface area contributed by atoms with E-state index in [1.807, 2.05) is 25.1 Å². The Hall–Kier alpha value is -3.22. The summed E-state index contributed by atoms with van der Waals surface area (Å²) in [6.07, 6.45) is 0. The first-order valence-electron chi connectivity index (χ1n) is 7.86. The molecule has 0 bridgehead atoms. The number of hydrogen-bond donors (Lipinski definition) is 0. The normalized spacial score (nSPS) is 10.7. The zero-order valence-electron chi connectivity index (χ0n) is 14.9. The summed E-state index contributed by atoms with van der Waals surface area (Å²) >= 11 is 0. The van der Waals surface area contributed by atoms with Crippen LogP contribution in [0, 0.1) is 5.82 Å². The summed E-state index contributed by atoms with van der Waals surface area (Å²) in [6.45, 7) is 0. The number of halogens is 1. The zero-order valence-corrected chi connectivity index (χ0v) is 14.9. The van der Waals surface area contributed by atoms with Gasteiger partial charge in [-0.2, -0.15) is 0 Å². The fourth-order valence-corrected chi connectivity index (χ4v) is 2.62. The molecule has 6 nitrogen and oxygen atoms in total. The van der Waals surface area contributed by atoms with Gasteiger partial charge in [0.1, 0.15) is 17.4 Å². The Labute approximate surface area is 150 Å². The van der Waals surface area contributed by atoms with E-state index < -0.39 is 11.8 Å². The second kappa shape index (κ2) is 6.95. The highest BCUT2D eigenvalue weighted by Gasteiger charge is 2.16. The quantitative estimate of drug-likeness (QED) is 0.669. The molecule has 1 heterocycles. The molecule has 0 aliphatic heterocycles. The number of hydrogen-bond acceptors (Lipinski definition) is 6. The van der Waals surface area contributed by atoms with Crippen molar-refractivity contribution in [1.82, 2.24) is 9.97 Å². The van der Waals surface area contributed by atoms with E-state index in [1.165, 1.54) is 19.2 Å². The number of esters is 1. The van der Waals surface area contributed by atoms with Gasteiger partial charge in [0, 0.05) is 19.5 Å². The van der Waals surface area contributed by atoms with Crippen LogP contribution in [0.15, 0.2) is 36.4 Å². The topological polar surface area (TPSA) is 64.5 Å². The average Bonchev–Trinajstić information content (AvgIpc) is 2.65. The summed E-state index contributed by atoms with van der Waals surface area (Å²) in [7, 11) is 6.53. The Bertz CT molecular complexity index is 989. The van der Waals surface area contributed by atoms with Gasteiger partial charge in [0.05, 0.1) is 30.9 Å². The number of ether oxygens (including phenoxy) is 2. The first-order valence-corrected chi connectivity index (χ1v) is 7.86. The van der Waals surface area contributed by atoms with E-state index in [9.17, 15) is 9.18 Å². The minimum absolute atomic E-state index is 0.132. The molecule has 2 aromatic carbocycles. The molecule has 0 amide bonds. The highest BCUT2D eigenvalue weighted by molar-refractivity contribution is 5.93. The number of methoxy groups -OCH3 is 2. The van der Waals surface area contributed by atoms with Crippen molar-refractivity contribution in [3.63, 3.8) is 0 Å². The molecule has 0 saturated heterocycles. The summed E-state index contributed by atoms with van der Waals surface area (Å²) in [5, 5.41) is 0.796. The van der Waals surface area contributed by atoms with Crippen molar-refractivity contribution in [3.8, 4) is 17.1 Å². The lowest BCUT2D eigenvalue weighted by molar-refractivity contribution is 0.0600. The number of fused-ring (bicyclic) bond motifs is 1. The fraction of sp³-hybridized carbons (Fsp3) is 0.211. The van der Waals surface area contributed by atoms with Crippen molar-refractivity contribution < 1.29 is 18.7 Å². The number of nitrogens with zero attached hydrogens (tertiary/aromatic N) is 3. The van der Waals surface area contributed by atoms with Gasteiger partial charge < -0.3 is 14.4 Å². The molecule has 3 rings (SSSR count). The van der Waals surface area contributed by atoms with Crippen LogP contribution in [0.4, 0.5) is 10.2 Å². The van der Waals surface area contributed by atoms with Crippen LogP contribution in [0.3, 0.4) is 0 Å². The molecule has 7 heteroatoms. The van der Waals surface area contributed by atoms with Crippen LogP contribution >= 0.6 is 0 Å². The van der Waals surface area contributed by atoms with Gasteiger partial charge in [-0.05, 0) is 36.4 Å². The van der Waals surface area contributed by atoms with Crippen LogP contribution in [0.5, 0.6) is 5.75 Å². The Morgan fingerprint density at radius 3 is 2.46 bits per heavy atom. The lowest BCUT2D eigenvalue weighted by atomic mass is 10.1. The second-order valence-electron chi connectivity index (χ2n) is 5.83. The number of carbonyl (C=O) groups is 1. The first kappa shape index (κ1) is 17.6. The van der Waals surface area contributed by atoms with Gasteiger partial charge in [-0.25, -0.2) is 19.2 Å². The lowest BCUT2D eigenvalue weighted by Gasteiger charge is -2.16. The summed E-state index contributed by atoms with van der Waals surface area (Å²) in [4.78, 5) is 22.4. The third-order valence-corrected chi connectivity index (χ3v) is 3.94. The number of benzene rings is 2. The second-order valence-corrected chi connectivity index (χ2v) is 5.83. The zero-order chi connectivity index (χ0) is 18.8. The monoisotopic (exact) mass is 355 g/mol. The van der Waals surface area contributed by atoms with Gasteiger partial charge >= 0.3 is 5.97 Å². The van der Waals surface area contributed by atoms with Gasteiger partial charge in [-0.15, -0.1) is 0 Å². The van der Waals surface area contributed by atoms with E-state index in [-0.39, 0.29) is 17.0 Å². The molecule has 0 unspecified atom stereocenters. The van der Waals surface area contributed by atoms with Crippen LogP contribution in [0.25, 0.3) is 22.3 Å². The molecule has 0 atom stereocenters. The van der Waals surface area contributed by atoms with Crippen molar-refractivity contribution in [3.05, 3.63) is 47.8 Å². The van der Waals surface area contributed by atoms with E-state index in [2.05, 4.69) is 14.7 Å². The molecule has 0 saturated carbocycles. The maximum atomic E-state index is 14.6. The SMILES string of the molecule is COC(=O)c1ccc(-c2nc(N(C)C)c3cc(OC)ccc3n2)c(F)c1. The van der Waals surface area contributed by atoms with Gasteiger partial charge in [0.25, 0.3) is 0 Å². The minimum atomic E-state index is -0.601. The number of rotatable bonds is 4. The molecule has 26 heavy (non-hydrogen) atoms. The number of aromatic nitrogens is 2. The van der Waals surface area contributed by atoms with Crippen LogP contribution in [0.2, 0.25) is 0 Å². The van der Waals surface area contributed by atoms with Gasteiger partial charge in [0.15, 0.2) is 5.82 Å². The van der Waals surface area contributed by atoms with Crippen LogP contribution in [0.1, 0.15) is 10.4 Å². The summed E-state index contributed by atoms with van der Waals surface area (Å²) < 4.78 is 24.4. The van der Waals surface area contributed by atoms with Crippen molar-refractivity contribution in [2.75, 3.05) is 33.2 Å². The van der Waals surface area contributed by atoms with Crippen LogP contribution in [-0.2, 0) is 4.74 Å². The molecule has 0 spiro atoms. The van der Waals surface area contributed by atoms with Crippen LogP contribution in [-0.4, -0.2) is 44.3 Å². The van der Waals surface area contributed by atoms with E-state index in [0.717, 1.165) is 11.5 Å². The predicted octanol–water partition coefficient (Wildman–Crippen LogP) is 3.30. The van der Waals surface area contributed by atoms with E-state index in [1.54, 1.807) is 19.2 Å². The molecular formula is C19H18FN3O3. The molecule has 1 aromatic heterocycles. The maximum Gasteiger partial charge on any atom is 0.337 e. The maximum absolute atomic E-state index is 14.6. The van der Waals surface area contributed by atoms with Crippen molar-refractivity contribution in [2.24, 2.45) is 0 Å². The van der Waals surface area contributed by atoms with Crippen molar-refractivity contribution in [1.29, 1.82) is 0 Å². The van der Waals surface area contributed by atoms with E-state index in [0.29, 0.717) is 17.1 Å². The molecule has 0 aliphatic carbocycles. The third-order valence-electron chi connectivity index (χ3n) is 3.94. The largest absolute Gasteiger partial charge is 0.497 e. The van der Waals surface area contributed by atoms with Crippen molar-refractivity contribution in [2.45, 2.75) is 0 Å². The summed E-state index contributed by atoms with van der Waals surface area (Å²) in [5.41, 5.74) is 1.00. The van der Waals surface area contributed by atoms with Crippen molar-refractivity contribution >= 4 is 22.7 Å². The molecule has 0 fully saturated rings. The van der Waals surface area contributed by atoms with Gasteiger partial charge in [-0.1, -0.05) is 0 Å². The number of carbonyl (C=O) groups excluding carboxylic acids is 1. The Kier molecular flexibility index (Phi) is 4.71. The molecule has 0 N–H and O–H groups in total. The first-order chi connectivity index (χ1) is 12.4. The van der Waals surface area contributed by atoms with Crippen LogP contribution < -0.4 is 9.64 Å². The Morgan fingerprint density at radius 2 is 1.85 bits per heavy atom. The standard InChI is InChI=1S/C19H18FN3O3/c1-23(2)18-14-10-12(25-3)6-8-16(14)21-17(22-18)13-7-5-11(9-15(13)20)19(24)26-4/h5-10H,1-4H3. The smallest absolute Gasteiger partial charge is 0.337 e. The molecule has 0 aliphatic rings. The third kappa shape index (κ3) is 3.15. The summed E-state index contributed by atoms with van der Waals surface area (Å²) in [6, 6.07) is 9.51. The van der Waals surface area contributed by atoms with Gasteiger partial charge in [0.2, 0.25) is 0 Å². The highest BCUT2D eigenvalue weighted by atomic mass is 19.1. The fourth-order valence-electron chi connectivity index (χ4n) is 2.62. The molecule has 134 valence electrons. The Balaban J connectivity index is 2.18. The molecule has 3 aromatic rings. The number of anilines is 1. The highest BCUT2D eigenvalue weighted by Crippen LogP contribution is 2.30. The predicted molar refractivity (Wildman–Crippen MR) is 97.2 cm³/mol. The minimum Gasteiger partial charge on any atom is -0.497 e. The Morgan fingerprint density at radius 1 is 1.08 bits per heavy atom. The summed E-state index contributed by atoms with van der Waals surface area (Å²) in [5.74, 6) is 0.368. The van der Waals surface area contributed by atoms with E-state index in [4.69, 9.17) is 4.74 Å². The lowest BCUT2D eigenvalue weighted by Crippen LogP contribution is -2.12. The van der Waals surface area contributed by atoms with Gasteiger partial charge in [-0.3, -0.25) is 0 Å². The average molecular weight is 355 g/mol.